The van der Waals surface area contributed by atoms with Crippen molar-refractivity contribution in [1.82, 2.24) is 14.5 Å². The number of hydrogen-bond donors (Lipinski definition) is 0. The third-order valence-electron chi connectivity index (χ3n) is 5.20. The smallest absolute Gasteiger partial charge is 0.266 e. The molecule has 0 fully saturated rings. The molecule has 0 saturated carbocycles. The molecule has 2 aromatic carbocycles. The van der Waals surface area contributed by atoms with Crippen molar-refractivity contribution in [2.75, 3.05) is 4.90 Å². The minimum atomic E-state index is -0.288. The van der Waals surface area contributed by atoms with Crippen LogP contribution in [0.15, 0.2) is 84.4 Å². The van der Waals surface area contributed by atoms with Gasteiger partial charge in [0.15, 0.2) is 5.16 Å². The first-order chi connectivity index (χ1) is 15.1. The molecular formula is C24H18N4O2S. The lowest BCUT2D eigenvalue weighted by Gasteiger charge is -2.18. The number of carbonyl (C=O) groups is 2. The minimum Gasteiger partial charge on any atom is -0.279 e. The molecule has 31 heavy (non-hydrogen) atoms. The molecule has 3 heterocycles. The molecule has 4 aromatic rings. The first-order valence-electron chi connectivity index (χ1n) is 9.79. The van der Waals surface area contributed by atoms with Crippen LogP contribution in [0.1, 0.15) is 31.8 Å². The number of aryl methyl sites for hydroxylation is 1. The quantitative estimate of drug-likeness (QED) is 0.343. The molecule has 0 atom stereocenters. The highest BCUT2D eigenvalue weighted by atomic mass is 32.2. The van der Waals surface area contributed by atoms with E-state index in [1.807, 2.05) is 54.1 Å². The first-order valence-corrected chi connectivity index (χ1v) is 10.8. The largest absolute Gasteiger partial charge is 0.279 e. The number of nitrogens with zero attached hydrogens (tertiary/aromatic N) is 4. The van der Waals surface area contributed by atoms with Crippen molar-refractivity contribution in [1.29, 1.82) is 0 Å². The molecule has 152 valence electrons. The zero-order valence-corrected chi connectivity index (χ0v) is 17.5. The summed E-state index contributed by atoms with van der Waals surface area (Å²) in [6.07, 6.45) is 5.38. The molecule has 0 unspecified atom stereocenters. The summed E-state index contributed by atoms with van der Waals surface area (Å²) in [6.45, 7) is 2.01. The molecule has 5 rings (SSSR count). The Kier molecular flexibility index (Phi) is 4.88. The predicted octanol–water partition coefficient (Wildman–Crippen LogP) is 4.67. The Morgan fingerprint density at radius 2 is 1.55 bits per heavy atom. The summed E-state index contributed by atoms with van der Waals surface area (Å²) in [5.41, 5.74) is 3.42. The van der Waals surface area contributed by atoms with E-state index in [0.717, 1.165) is 22.1 Å². The van der Waals surface area contributed by atoms with Crippen molar-refractivity contribution in [2.24, 2.45) is 0 Å². The number of carbonyl (C=O) groups excluding carboxylic acids is 2. The number of pyridine rings is 1. The molecule has 0 saturated heterocycles. The molecule has 0 bridgehead atoms. The van der Waals surface area contributed by atoms with Gasteiger partial charge in [0.2, 0.25) is 0 Å². The standard InChI is InChI=1S/C24H18N4O2S/c1-16-7-6-12-25-21(16)27-14-13-26-24(27)31-15-17-8-2-5-11-20(17)28-22(29)18-9-3-4-10-19(18)23(28)30/h2-14H,15H2,1H3. The highest BCUT2D eigenvalue weighted by molar-refractivity contribution is 7.98. The highest BCUT2D eigenvalue weighted by Gasteiger charge is 2.37. The zero-order valence-electron chi connectivity index (χ0n) is 16.7. The monoisotopic (exact) mass is 426 g/mol. The molecule has 6 nitrogen and oxygen atoms in total. The van der Waals surface area contributed by atoms with Gasteiger partial charge < -0.3 is 0 Å². The third kappa shape index (κ3) is 3.33. The minimum absolute atomic E-state index is 0.288. The van der Waals surface area contributed by atoms with E-state index in [2.05, 4.69) is 9.97 Å². The number of anilines is 1. The van der Waals surface area contributed by atoms with Crippen LogP contribution in [0.25, 0.3) is 5.82 Å². The number of fused-ring (bicyclic) bond motifs is 1. The number of amides is 2. The van der Waals surface area contributed by atoms with E-state index < -0.39 is 0 Å². The Morgan fingerprint density at radius 1 is 0.839 bits per heavy atom. The molecule has 7 heteroatoms. The Morgan fingerprint density at radius 3 is 2.29 bits per heavy atom. The number of benzene rings is 2. The fourth-order valence-corrected chi connectivity index (χ4v) is 4.64. The van der Waals surface area contributed by atoms with Crippen molar-refractivity contribution in [3.8, 4) is 5.82 Å². The summed E-state index contributed by atoms with van der Waals surface area (Å²) in [5.74, 6) is 0.801. The third-order valence-corrected chi connectivity index (χ3v) is 6.22. The van der Waals surface area contributed by atoms with Gasteiger partial charge in [0.25, 0.3) is 11.8 Å². The lowest BCUT2D eigenvalue weighted by atomic mass is 10.1. The van der Waals surface area contributed by atoms with Crippen molar-refractivity contribution >= 4 is 29.3 Å². The van der Waals surface area contributed by atoms with Crippen LogP contribution in [0.2, 0.25) is 0 Å². The summed E-state index contributed by atoms with van der Waals surface area (Å²) < 4.78 is 1.95. The van der Waals surface area contributed by atoms with Crippen LogP contribution >= 0.6 is 11.8 Å². The van der Waals surface area contributed by atoms with Crippen molar-refractivity contribution in [3.05, 3.63) is 102 Å². The Hall–Kier alpha value is -3.71. The normalized spacial score (nSPS) is 13.0. The van der Waals surface area contributed by atoms with E-state index in [4.69, 9.17) is 0 Å². The fourth-order valence-electron chi connectivity index (χ4n) is 3.69. The number of imidazole rings is 1. The maximum atomic E-state index is 12.9. The number of para-hydroxylation sites is 1. The van der Waals surface area contributed by atoms with Crippen LogP contribution in [0.5, 0.6) is 0 Å². The summed E-state index contributed by atoms with van der Waals surface area (Å²) in [7, 11) is 0. The van der Waals surface area contributed by atoms with E-state index in [1.165, 1.54) is 16.7 Å². The second-order valence-electron chi connectivity index (χ2n) is 7.13. The number of rotatable bonds is 5. The summed E-state index contributed by atoms with van der Waals surface area (Å²) >= 11 is 1.53. The van der Waals surface area contributed by atoms with E-state index in [0.29, 0.717) is 22.6 Å². The molecule has 0 aliphatic carbocycles. The van der Waals surface area contributed by atoms with E-state index in [9.17, 15) is 9.59 Å². The first kappa shape index (κ1) is 19.3. The van der Waals surface area contributed by atoms with Gasteiger partial charge in [0.05, 0.1) is 16.8 Å². The average Bonchev–Trinajstić information content (AvgIpc) is 3.36. The lowest BCUT2D eigenvalue weighted by Crippen LogP contribution is -2.30. The zero-order chi connectivity index (χ0) is 21.4. The van der Waals surface area contributed by atoms with Gasteiger partial charge in [0, 0.05) is 24.3 Å². The number of aromatic nitrogens is 3. The van der Waals surface area contributed by atoms with Gasteiger partial charge in [-0.15, -0.1) is 0 Å². The summed E-state index contributed by atoms with van der Waals surface area (Å²) in [4.78, 5) is 36.1. The average molecular weight is 427 g/mol. The molecule has 2 aromatic heterocycles. The SMILES string of the molecule is Cc1cccnc1-n1ccnc1SCc1ccccc1N1C(=O)c2ccccc2C1=O. The van der Waals surface area contributed by atoms with Gasteiger partial charge in [-0.1, -0.05) is 48.2 Å². The van der Waals surface area contributed by atoms with Gasteiger partial charge in [0.1, 0.15) is 5.82 Å². The van der Waals surface area contributed by atoms with Crippen LogP contribution in [0.4, 0.5) is 5.69 Å². The molecule has 1 aliphatic rings. The van der Waals surface area contributed by atoms with Gasteiger partial charge in [-0.25, -0.2) is 14.9 Å². The van der Waals surface area contributed by atoms with E-state index in [-0.39, 0.29) is 11.8 Å². The second-order valence-corrected chi connectivity index (χ2v) is 8.07. The van der Waals surface area contributed by atoms with E-state index >= 15 is 0 Å². The van der Waals surface area contributed by atoms with Crippen molar-refractivity contribution in [2.45, 2.75) is 17.8 Å². The Labute approximate surface area is 183 Å². The number of thioether (sulfide) groups is 1. The van der Waals surface area contributed by atoms with Gasteiger partial charge in [-0.2, -0.15) is 0 Å². The summed E-state index contributed by atoms with van der Waals surface area (Å²) in [6, 6.07) is 18.3. The second kappa shape index (κ2) is 7.85. The maximum Gasteiger partial charge on any atom is 0.266 e. The number of imide groups is 1. The molecular weight excluding hydrogens is 408 g/mol. The van der Waals surface area contributed by atoms with Crippen molar-refractivity contribution < 1.29 is 9.59 Å². The fraction of sp³-hybridized carbons (Fsp3) is 0.0833. The molecule has 0 N–H and O–H groups in total. The van der Waals surface area contributed by atoms with Crippen LogP contribution in [-0.4, -0.2) is 26.3 Å². The number of hydrogen-bond acceptors (Lipinski definition) is 5. The van der Waals surface area contributed by atoms with Crippen molar-refractivity contribution in [3.63, 3.8) is 0 Å². The van der Waals surface area contributed by atoms with Crippen LogP contribution < -0.4 is 4.90 Å². The lowest BCUT2D eigenvalue weighted by molar-refractivity contribution is 0.0926. The van der Waals surface area contributed by atoms with Crippen LogP contribution in [-0.2, 0) is 5.75 Å². The topological polar surface area (TPSA) is 68.1 Å². The Balaban J connectivity index is 1.44. The molecule has 2 amide bonds. The summed E-state index contributed by atoms with van der Waals surface area (Å²) in [5, 5.41) is 0.791. The molecule has 1 aliphatic heterocycles. The van der Waals surface area contributed by atoms with Gasteiger partial charge >= 0.3 is 0 Å². The van der Waals surface area contributed by atoms with E-state index in [1.54, 1.807) is 36.7 Å². The molecule has 0 radical (unpaired) electrons. The van der Waals surface area contributed by atoms with Crippen LogP contribution in [0, 0.1) is 6.92 Å². The van der Waals surface area contributed by atoms with Crippen LogP contribution in [0.3, 0.4) is 0 Å². The Bertz CT molecular complexity index is 1280. The molecule has 0 spiro atoms. The van der Waals surface area contributed by atoms with Gasteiger partial charge in [-0.3, -0.25) is 14.2 Å². The maximum absolute atomic E-state index is 12.9. The predicted molar refractivity (Wildman–Crippen MR) is 120 cm³/mol. The highest BCUT2D eigenvalue weighted by Crippen LogP contribution is 2.34. The van der Waals surface area contributed by atoms with Gasteiger partial charge in [-0.05, 0) is 42.3 Å².